The summed E-state index contributed by atoms with van der Waals surface area (Å²) in [5.41, 5.74) is -1.78. The number of aromatic nitrogens is 1. The third-order valence-electron chi connectivity index (χ3n) is 7.45. The molecule has 2 aromatic rings. The highest BCUT2D eigenvalue weighted by Gasteiger charge is 2.51. The fourth-order valence-corrected chi connectivity index (χ4v) is 5.61. The normalized spacial score (nSPS) is 16.0. The number of rotatable bonds is 12. The molecule has 0 aliphatic carbocycles. The number of benzene rings is 1. The summed E-state index contributed by atoms with van der Waals surface area (Å²) in [5, 5.41) is 9.13. The zero-order valence-corrected chi connectivity index (χ0v) is 26.2. The fraction of sp³-hybridized carbons (Fsp3) is 0.548. The van der Waals surface area contributed by atoms with Crippen molar-refractivity contribution in [1.29, 1.82) is 5.26 Å². The number of halogens is 3. The first-order chi connectivity index (χ1) is 19.6. The van der Waals surface area contributed by atoms with Crippen molar-refractivity contribution < 1.29 is 22.7 Å². The Hall–Kier alpha value is -3.23. The summed E-state index contributed by atoms with van der Waals surface area (Å²) in [7, 11) is 0. The van der Waals surface area contributed by atoms with Gasteiger partial charge in [-0.1, -0.05) is 41.0 Å². The van der Waals surface area contributed by atoms with Crippen LogP contribution in [-0.4, -0.2) is 52.7 Å². The van der Waals surface area contributed by atoms with Crippen LogP contribution in [0.1, 0.15) is 71.7 Å². The maximum atomic E-state index is 13.6. The summed E-state index contributed by atoms with van der Waals surface area (Å²) in [6, 6.07) is 7.77. The molecule has 228 valence electrons. The molecule has 1 amide bonds. The van der Waals surface area contributed by atoms with E-state index in [0.717, 1.165) is 54.5 Å². The van der Waals surface area contributed by atoms with Gasteiger partial charge in [0.1, 0.15) is 24.0 Å². The van der Waals surface area contributed by atoms with Crippen LogP contribution in [0.3, 0.4) is 0 Å². The quantitative estimate of drug-likeness (QED) is 0.246. The molecule has 42 heavy (non-hydrogen) atoms. The second-order valence-electron chi connectivity index (χ2n) is 11.7. The monoisotopic (exact) mass is 603 g/mol. The van der Waals surface area contributed by atoms with Gasteiger partial charge in [-0.15, -0.1) is 0 Å². The van der Waals surface area contributed by atoms with Crippen LogP contribution in [0.5, 0.6) is 5.75 Å². The topological polar surface area (TPSA) is 72.7 Å². The van der Waals surface area contributed by atoms with Gasteiger partial charge in [-0.25, -0.2) is 4.98 Å². The number of hydrogen-bond donors (Lipinski definition) is 0. The average molecular weight is 604 g/mol. The number of hydrogen-bond acceptors (Lipinski definition) is 6. The molecule has 1 saturated heterocycles. The van der Waals surface area contributed by atoms with Gasteiger partial charge in [0.15, 0.2) is 10.8 Å². The summed E-state index contributed by atoms with van der Waals surface area (Å²) < 4.78 is 47.1. The maximum Gasteiger partial charge on any atom is 0.419 e. The van der Waals surface area contributed by atoms with E-state index in [-0.39, 0.29) is 10.8 Å². The van der Waals surface area contributed by atoms with Gasteiger partial charge in [-0.2, -0.15) is 18.4 Å². The van der Waals surface area contributed by atoms with Gasteiger partial charge in [0.2, 0.25) is 0 Å². The number of alkyl halides is 3. The minimum atomic E-state index is -4.82. The summed E-state index contributed by atoms with van der Waals surface area (Å²) in [6.07, 6.45) is -1.97. The summed E-state index contributed by atoms with van der Waals surface area (Å²) >= 11 is 5.66. The predicted molar refractivity (Wildman–Crippen MR) is 163 cm³/mol. The third-order valence-corrected chi connectivity index (χ3v) is 7.81. The maximum absolute atomic E-state index is 13.6. The van der Waals surface area contributed by atoms with Crippen LogP contribution < -0.4 is 14.5 Å². The van der Waals surface area contributed by atoms with Crippen LogP contribution in [0.2, 0.25) is 0 Å². The van der Waals surface area contributed by atoms with E-state index in [1.807, 2.05) is 25.1 Å². The van der Waals surface area contributed by atoms with Crippen molar-refractivity contribution in [3.63, 3.8) is 0 Å². The Morgan fingerprint density at radius 2 is 1.83 bits per heavy atom. The number of pyridine rings is 1. The van der Waals surface area contributed by atoms with Crippen LogP contribution in [-0.2, 0) is 17.4 Å². The number of nitrogens with zero attached hydrogens (tertiary/aromatic N) is 5. The summed E-state index contributed by atoms with van der Waals surface area (Å²) in [4.78, 5) is 22.3. The molecule has 1 aliphatic rings. The SMILES string of the molecule is CCc1cc(N2C(=S)N(c3cnc(C#N)c(C(F)(F)F)c3)C(=O)C2(C)C)ccc1OCCN(CC(C)C)CC(C)CC. The summed E-state index contributed by atoms with van der Waals surface area (Å²) in [6.45, 7) is 17.6. The first-order valence-corrected chi connectivity index (χ1v) is 14.7. The fourth-order valence-electron chi connectivity index (χ4n) is 5.09. The minimum absolute atomic E-state index is 0.0229. The lowest BCUT2D eigenvalue weighted by Gasteiger charge is -2.30. The van der Waals surface area contributed by atoms with Gasteiger partial charge in [0.25, 0.3) is 5.91 Å². The van der Waals surface area contributed by atoms with Crippen LogP contribution in [0.4, 0.5) is 24.5 Å². The number of nitriles is 1. The number of aryl methyl sites for hydroxylation is 1. The molecule has 11 heteroatoms. The van der Waals surface area contributed by atoms with Crippen LogP contribution >= 0.6 is 12.2 Å². The summed E-state index contributed by atoms with van der Waals surface area (Å²) in [5.74, 6) is 1.39. The highest BCUT2D eigenvalue weighted by Crippen LogP contribution is 2.40. The van der Waals surface area contributed by atoms with Crippen molar-refractivity contribution >= 4 is 34.6 Å². The van der Waals surface area contributed by atoms with Crippen molar-refractivity contribution in [3.8, 4) is 11.8 Å². The number of thiocarbonyl (C=S) groups is 1. The van der Waals surface area contributed by atoms with E-state index >= 15 is 0 Å². The number of carbonyl (C=O) groups excluding carboxylic acids is 1. The molecule has 0 spiro atoms. The Kier molecular flexibility index (Phi) is 10.6. The van der Waals surface area contributed by atoms with Gasteiger partial charge in [0, 0.05) is 25.3 Å². The average Bonchev–Trinajstić information content (AvgIpc) is 3.10. The molecule has 0 bridgehead atoms. The Labute approximate surface area is 252 Å². The molecule has 1 fully saturated rings. The first kappa shape index (κ1) is 33.3. The van der Waals surface area contributed by atoms with Crippen molar-refractivity contribution in [1.82, 2.24) is 9.88 Å². The molecule has 3 rings (SSSR count). The molecule has 1 aromatic carbocycles. The molecule has 0 radical (unpaired) electrons. The van der Waals surface area contributed by atoms with Crippen LogP contribution in [0, 0.1) is 23.2 Å². The number of ether oxygens (including phenoxy) is 1. The van der Waals surface area contributed by atoms with Crippen molar-refractivity contribution in [3.05, 3.63) is 47.3 Å². The highest BCUT2D eigenvalue weighted by atomic mass is 32.1. The number of amides is 1. The van der Waals surface area contributed by atoms with E-state index in [4.69, 9.17) is 22.2 Å². The molecular formula is C31H40F3N5O2S. The van der Waals surface area contributed by atoms with Crippen LogP contribution in [0.25, 0.3) is 0 Å². The van der Waals surface area contributed by atoms with Gasteiger partial charge in [-0.05, 0) is 74.2 Å². The van der Waals surface area contributed by atoms with Crippen molar-refractivity contribution in [2.75, 3.05) is 36.0 Å². The third kappa shape index (κ3) is 7.21. The predicted octanol–water partition coefficient (Wildman–Crippen LogP) is 6.83. The van der Waals surface area contributed by atoms with E-state index in [0.29, 0.717) is 30.6 Å². The Balaban J connectivity index is 1.86. The Bertz CT molecular complexity index is 1340. The molecular weight excluding hydrogens is 563 g/mol. The molecule has 0 saturated carbocycles. The van der Waals surface area contributed by atoms with Crippen molar-refractivity contribution in [2.45, 2.75) is 73.0 Å². The number of carbonyl (C=O) groups is 1. The second-order valence-corrected chi connectivity index (χ2v) is 12.0. The molecule has 1 atom stereocenters. The molecule has 1 unspecified atom stereocenters. The molecule has 2 heterocycles. The lowest BCUT2D eigenvalue weighted by Crippen LogP contribution is -2.44. The molecule has 0 N–H and O–H groups in total. The zero-order valence-electron chi connectivity index (χ0n) is 25.4. The van der Waals surface area contributed by atoms with Gasteiger partial charge >= 0.3 is 6.18 Å². The largest absolute Gasteiger partial charge is 0.492 e. The molecule has 1 aromatic heterocycles. The molecule has 1 aliphatic heterocycles. The second kappa shape index (κ2) is 13.4. The number of anilines is 2. The van der Waals surface area contributed by atoms with Gasteiger partial charge < -0.3 is 9.64 Å². The smallest absolute Gasteiger partial charge is 0.419 e. The minimum Gasteiger partial charge on any atom is -0.492 e. The van der Waals surface area contributed by atoms with E-state index in [1.54, 1.807) is 18.7 Å². The van der Waals surface area contributed by atoms with E-state index in [1.165, 1.54) is 6.07 Å². The van der Waals surface area contributed by atoms with Crippen molar-refractivity contribution in [2.24, 2.45) is 11.8 Å². The Morgan fingerprint density at radius 3 is 2.40 bits per heavy atom. The van der Waals surface area contributed by atoms with E-state index in [9.17, 15) is 18.0 Å². The zero-order chi connectivity index (χ0) is 31.4. The molecule has 7 nitrogen and oxygen atoms in total. The van der Waals surface area contributed by atoms with E-state index < -0.39 is 28.9 Å². The Morgan fingerprint density at radius 1 is 1.14 bits per heavy atom. The first-order valence-electron chi connectivity index (χ1n) is 14.3. The lowest BCUT2D eigenvalue weighted by molar-refractivity contribution is -0.138. The highest BCUT2D eigenvalue weighted by molar-refractivity contribution is 7.81. The van der Waals surface area contributed by atoms with Gasteiger partial charge in [-0.3, -0.25) is 14.6 Å². The standard InChI is InChI=1S/C31H40F3N5O2S/c1-8-21(5)19-37(18-20(3)4)12-13-41-27-11-10-23(14-22(27)9-2)39-29(42)38(28(40)30(39,6)7)24-15-25(31(32,33)34)26(16-35)36-17-24/h10-11,14-15,17,20-21H,8-9,12-13,18-19H2,1-7H3. The van der Waals surface area contributed by atoms with Gasteiger partial charge in [0.05, 0.1) is 17.4 Å². The lowest BCUT2D eigenvalue weighted by atomic mass is 10.0. The van der Waals surface area contributed by atoms with E-state index in [2.05, 4.69) is 37.6 Å². The van der Waals surface area contributed by atoms with Crippen LogP contribution in [0.15, 0.2) is 30.5 Å².